The van der Waals surface area contributed by atoms with Crippen LogP contribution in [0.3, 0.4) is 0 Å². The van der Waals surface area contributed by atoms with Crippen molar-refractivity contribution in [2.45, 2.75) is 51.0 Å². The molecule has 1 heterocycles. The Labute approximate surface area is 81.2 Å². The van der Waals surface area contributed by atoms with Gasteiger partial charge in [0.25, 0.3) is 0 Å². The van der Waals surface area contributed by atoms with Gasteiger partial charge in [-0.1, -0.05) is 31.9 Å². The van der Waals surface area contributed by atoms with Gasteiger partial charge in [-0.25, -0.2) is 0 Å². The SMILES string of the molecule is C[C@@H]1CCC[C@]2(CCC=CCO2)C1. The second-order valence-electron chi connectivity index (χ2n) is 4.71. The fourth-order valence-corrected chi connectivity index (χ4v) is 2.80. The topological polar surface area (TPSA) is 9.23 Å². The summed E-state index contributed by atoms with van der Waals surface area (Å²) < 4.78 is 6.02. The first-order valence-corrected chi connectivity index (χ1v) is 5.60. The summed E-state index contributed by atoms with van der Waals surface area (Å²) in [6.45, 7) is 3.20. The van der Waals surface area contributed by atoms with Crippen LogP contribution < -0.4 is 0 Å². The summed E-state index contributed by atoms with van der Waals surface area (Å²) in [7, 11) is 0. The molecule has 0 aromatic rings. The van der Waals surface area contributed by atoms with Crippen LogP contribution in [0.5, 0.6) is 0 Å². The van der Waals surface area contributed by atoms with Crippen LogP contribution in [0, 0.1) is 5.92 Å². The molecule has 1 aliphatic heterocycles. The van der Waals surface area contributed by atoms with Gasteiger partial charge >= 0.3 is 0 Å². The minimum absolute atomic E-state index is 0.251. The third kappa shape index (κ3) is 2.14. The lowest BCUT2D eigenvalue weighted by molar-refractivity contribution is -0.0714. The molecule has 0 bridgehead atoms. The van der Waals surface area contributed by atoms with Crippen molar-refractivity contribution in [3.05, 3.63) is 12.2 Å². The predicted molar refractivity (Wildman–Crippen MR) is 54.7 cm³/mol. The first-order valence-electron chi connectivity index (χ1n) is 5.60. The quantitative estimate of drug-likeness (QED) is 0.520. The molecule has 2 atom stereocenters. The summed E-state index contributed by atoms with van der Waals surface area (Å²) in [6, 6.07) is 0. The molecule has 2 aliphatic rings. The van der Waals surface area contributed by atoms with E-state index in [9.17, 15) is 0 Å². The first kappa shape index (κ1) is 9.26. The number of rotatable bonds is 0. The fraction of sp³-hybridized carbons (Fsp3) is 0.833. The van der Waals surface area contributed by atoms with E-state index in [-0.39, 0.29) is 5.60 Å². The molecule has 0 aromatic carbocycles. The minimum Gasteiger partial charge on any atom is -0.371 e. The number of ether oxygens (including phenoxy) is 1. The van der Waals surface area contributed by atoms with Gasteiger partial charge in [0.15, 0.2) is 0 Å². The Bertz CT molecular complexity index is 185. The lowest BCUT2D eigenvalue weighted by atomic mass is 9.76. The van der Waals surface area contributed by atoms with Gasteiger partial charge in [0.1, 0.15) is 0 Å². The Kier molecular flexibility index (Phi) is 2.73. The van der Waals surface area contributed by atoms with Crippen molar-refractivity contribution in [3.8, 4) is 0 Å². The molecule has 1 aliphatic carbocycles. The third-order valence-electron chi connectivity index (χ3n) is 3.47. The molecule has 0 aromatic heterocycles. The largest absolute Gasteiger partial charge is 0.371 e. The first-order chi connectivity index (χ1) is 6.31. The van der Waals surface area contributed by atoms with E-state index in [2.05, 4.69) is 19.1 Å². The highest BCUT2D eigenvalue weighted by Gasteiger charge is 2.35. The van der Waals surface area contributed by atoms with Crippen LogP contribution >= 0.6 is 0 Å². The van der Waals surface area contributed by atoms with Gasteiger partial charge in [0.2, 0.25) is 0 Å². The molecule has 0 saturated heterocycles. The smallest absolute Gasteiger partial charge is 0.0692 e. The fourth-order valence-electron chi connectivity index (χ4n) is 2.80. The van der Waals surface area contributed by atoms with Crippen molar-refractivity contribution in [3.63, 3.8) is 0 Å². The van der Waals surface area contributed by atoms with Crippen LogP contribution in [0.1, 0.15) is 45.4 Å². The summed E-state index contributed by atoms with van der Waals surface area (Å²) in [6.07, 6.45) is 12.2. The molecule has 1 heteroatoms. The van der Waals surface area contributed by atoms with Crippen LogP contribution in [-0.2, 0) is 4.74 Å². The van der Waals surface area contributed by atoms with E-state index >= 15 is 0 Å². The molecule has 74 valence electrons. The van der Waals surface area contributed by atoms with Crippen molar-refractivity contribution in [2.24, 2.45) is 5.92 Å². The van der Waals surface area contributed by atoms with Gasteiger partial charge in [0, 0.05) is 0 Å². The molecule has 1 nitrogen and oxygen atoms in total. The van der Waals surface area contributed by atoms with Crippen LogP contribution in [0.4, 0.5) is 0 Å². The van der Waals surface area contributed by atoms with E-state index in [4.69, 9.17) is 4.74 Å². The highest BCUT2D eigenvalue weighted by Crippen LogP contribution is 2.39. The molecule has 0 unspecified atom stereocenters. The van der Waals surface area contributed by atoms with E-state index in [1.54, 1.807) is 0 Å². The number of allylic oxidation sites excluding steroid dienone is 1. The normalized spacial score (nSPS) is 40.5. The lowest BCUT2D eigenvalue weighted by Crippen LogP contribution is -2.37. The molecule has 1 spiro atoms. The molecule has 0 radical (unpaired) electrons. The highest BCUT2D eigenvalue weighted by atomic mass is 16.5. The predicted octanol–water partition coefficient (Wildman–Crippen LogP) is 3.30. The maximum atomic E-state index is 6.02. The van der Waals surface area contributed by atoms with Gasteiger partial charge in [-0.3, -0.25) is 0 Å². The summed E-state index contributed by atoms with van der Waals surface area (Å²) >= 11 is 0. The maximum absolute atomic E-state index is 6.02. The molecular formula is C12H20O. The molecule has 0 N–H and O–H groups in total. The van der Waals surface area contributed by atoms with E-state index in [1.807, 2.05) is 0 Å². The van der Waals surface area contributed by atoms with Crippen molar-refractivity contribution in [1.29, 1.82) is 0 Å². The highest BCUT2D eigenvalue weighted by molar-refractivity contribution is 4.95. The molecule has 1 saturated carbocycles. The molecule has 13 heavy (non-hydrogen) atoms. The summed E-state index contributed by atoms with van der Waals surface area (Å²) in [5.74, 6) is 0.867. The average Bonchev–Trinajstić information content (AvgIpc) is 2.31. The molecular weight excluding hydrogens is 160 g/mol. The van der Waals surface area contributed by atoms with Gasteiger partial charge in [-0.05, 0) is 31.6 Å². The molecule has 1 fully saturated rings. The Hall–Kier alpha value is -0.300. The van der Waals surface area contributed by atoms with Crippen LogP contribution in [-0.4, -0.2) is 12.2 Å². The number of hydrogen-bond acceptors (Lipinski definition) is 1. The molecule has 2 rings (SSSR count). The Morgan fingerprint density at radius 2 is 2.23 bits per heavy atom. The second-order valence-corrected chi connectivity index (χ2v) is 4.71. The van der Waals surface area contributed by atoms with Crippen LogP contribution in [0.2, 0.25) is 0 Å². The Morgan fingerprint density at radius 1 is 1.31 bits per heavy atom. The Balaban J connectivity index is 2.01. The summed E-state index contributed by atoms with van der Waals surface area (Å²) in [5, 5.41) is 0. The molecule has 0 amide bonds. The standard InChI is InChI=1S/C12H20O/c1-11-6-5-8-12(10-11)7-3-2-4-9-13-12/h2,4,11H,3,5-10H2,1H3/t11-,12-/m1/s1. The summed E-state index contributed by atoms with van der Waals surface area (Å²) in [5.41, 5.74) is 0.251. The van der Waals surface area contributed by atoms with E-state index < -0.39 is 0 Å². The monoisotopic (exact) mass is 180 g/mol. The van der Waals surface area contributed by atoms with E-state index in [1.165, 1.54) is 38.5 Å². The third-order valence-corrected chi connectivity index (χ3v) is 3.47. The average molecular weight is 180 g/mol. The Morgan fingerprint density at radius 3 is 3.08 bits per heavy atom. The van der Waals surface area contributed by atoms with Crippen molar-refractivity contribution < 1.29 is 4.74 Å². The maximum Gasteiger partial charge on any atom is 0.0692 e. The zero-order valence-corrected chi connectivity index (χ0v) is 8.59. The van der Waals surface area contributed by atoms with E-state index in [0.717, 1.165) is 12.5 Å². The summed E-state index contributed by atoms with van der Waals surface area (Å²) in [4.78, 5) is 0. The van der Waals surface area contributed by atoms with Crippen LogP contribution in [0.25, 0.3) is 0 Å². The lowest BCUT2D eigenvalue weighted by Gasteiger charge is -2.39. The van der Waals surface area contributed by atoms with Crippen molar-refractivity contribution in [2.75, 3.05) is 6.61 Å². The zero-order valence-electron chi connectivity index (χ0n) is 8.59. The minimum atomic E-state index is 0.251. The van der Waals surface area contributed by atoms with Gasteiger partial charge in [-0.2, -0.15) is 0 Å². The zero-order chi connectivity index (χ0) is 9.15. The van der Waals surface area contributed by atoms with E-state index in [0.29, 0.717) is 0 Å². The van der Waals surface area contributed by atoms with Gasteiger partial charge in [0.05, 0.1) is 12.2 Å². The van der Waals surface area contributed by atoms with Gasteiger partial charge < -0.3 is 4.74 Å². The van der Waals surface area contributed by atoms with Crippen molar-refractivity contribution in [1.82, 2.24) is 0 Å². The van der Waals surface area contributed by atoms with Crippen molar-refractivity contribution >= 4 is 0 Å². The van der Waals surface area contributed by atoms with Crippen LogP contribution in [0.15, 0.2) is 12.2 Å². The second kappa shape index (κ2) is 3.83. The van der Waals surface area contributed by atoms with Gasteiger partial charge in [-0.15, -0.1) is 0 Å². The number of hydrogen-bond donors (Lipinski definition) is 0.